The van der Waals surface area contributed by atoms with Gasteiger partial charge >= 0.3 is 6.03 Å². The van der Waals surface area contributed by atoms with Crippen molar-refractivity contribution in [1.29, 1.82) is 0 Å². The lowest BCUT2D eigenvalue weighted by molar-refractivity contribution is -0.118. The number of nitrogens with one attached hydrogen (secondary N) is 3. The van der Waals surface area contributed by atoms with Crippen LogP contribution in [0.1, 0.15) is 48.8 Å². The average Bonchev–Trinajstić information content (AvgIpc) is 3.00. The highest BCUT2D eigenvalue weighted by molar-refractivity contribution is 5.89. The summed E-state index contributed by atoms with van der Waals surface area (Å²) in [4.78, 5) is 24.7. The first-order valence-corrected chi connectivity index (χ1v) is 13.7. The van der Waals surface area contributed by atoms with Gasteiger partial charge in [-0.1, -0.05) is 42.2 Å². The molecule has 40 heavy (non-hydrogen) atoms. The maximum Gasteiger partial charge on any atom is 0.321 e. The van der Waals surface area contributed by atoms with Crippen LogP contribution in [-0.4, -0.2) is 57.2 Å². The van der Waals surface area contributed by atoms with E-state index in [4.69, 9.17) is 4.74 Å². The lowest BCUT2D eigenvalue weighted by Gasteiger charge is -2.28. The lowest BCUT2D eigenvalue weighted by Crippen LogP contribution is -2.39. The number of carbonyl (C=O) groups is 2. The minimum Gasteiger partial charge on any atom is -0.497 e. The van der Waals surface area contributed by atoms with E-state index in [1.54, 1.807) is 14.2 Å². The van der Waals surface area contributed by atoms with Crippen LogP contribution in [0.4, 0.5) is 10.5 Å². The molecule has 210 valence electrons. The van der Waals surface area contributed by atoms with E-state index in [0.717, 1.165) is 61.5 Å². The Morgan fingerprint density at radius 3 is 2.17 bits per heavy atom. The highest BCUT2D eigenvalue weighted by Gasteiger charge is 2.19. The summed E-state index contributed by atoms with van der Waals surface area (Å²) in [5.41, 5.74) is 4.07. The van der Waals surface area contributed by atoms with Crippen LogP contribution in [0.5, 0.6) is 5.75 Å². The molecule has 7 nitrogen and oxygen atoms in total. The van der Waals surface area contributed by atoms with E-state index < -0.39 is 0 Å². The van der Waals surface area contributed by atoms with Crippen LogP contribution in [0.3, 0.4) is 0 Å². The highest BCUT2D eigenvalue weighted by atomic mass is 16.5. The largest absolute Gasteiger partial charge is 0.497 e. The van der Waals surface area contributed by atoms with Crippen molar-refractivity contribution in [1.82, 2.24) is 15.5 Å². The molecule has 1 saturated heterocycles. The van der Waals surface area contributed by atoms with Crippen molar-refractivity contribution in [2.24, 2.45) is 0 Å². The Morgan fingerprint density at radius 1 is 0.900 bits per heavy atom. The Labute approximate surface area is 238 Å². The smallest absolute Gasteiger partial charge is 0.321 e. The highest BCUT2D eigenvalue weighted by Crippen LogP contribution is 2.22. The van der Waals surface area contributed by atoms with Gasteiger partial charge in [0.1, 0.15) is 5.75 Å². The molecule has 0 radical (unpaired) electrons. The molecule has 7 heteroatoms. The fourth-order valence-electron chi connectivity index (χ4n) is 4.22. The first-order valence-electron chi connectivity index (χ1n) is 13.7. The van der Waals surface area contributed by atoms with Crippen LogP contribution in [0.15, 0.2) is 78.9 Å². The Morgan fingerprint density at radius 2 is 1.55 bits per heavy atom. The third-order valence-electron chi connectivity index (χ3n) is 6.66. The van der Waals surface area contributed by atoms with E-state index in [2.05, 4.69) is 52.1 Å². The van der Waals surface area contributed by atoms with Crippen molar-refractivity contribution in [3.8, 4) is 17.6 Å². The fourth-order valence-corrected chi connectivity index (χ4v) is 4.22. The van der Waals surface area contributed by atoms with Gasteiger partial charge in [-0.15, -0.1) is 0 Å². The van der Waals surface area contributed by atoms with Crippen LogP contribution < -0.4 is 20.7 Å². The van der Waals surface area contributed by atoms with Crippen molar-refractivity contribution in [3.05, 3.63) is 95.6 Å². The Kier molecular flexibility index (Phi) is 12.6. The molecular formula is C33H40N4O3. The summed E-state index contributed by atoms with van der Waals surface area (Å²) in [6, 6.07) is 26.0. The molecule has 3 amide bonds. The zero-order valence-corrected chi connectivity index (χ0v) is 23.7. The Bertz CT molecular complexity index is 1250. The van der Waals surface area contributed by atoms with E-state index >= 15 is 0 Å². The minimum absolute atomic E-state index is 0.00463. The number of hydrogen-bond donors (Lipinski definition) is 3. The standard InChI is InChI=1S/C30H33N3O2.C3H7NO/c1-35-29-17-15-28(16-18-29)32-30(34)33-21-6-5-20-31-23-27(19-22-33)26-13-11-25(12-14-26)10-9-24-7-3-2-4-8-24;1-3(5)4-2/h2-4,7-8,11-18,27,31H,5-6,19-23H2,1H3,(H,32,34);1-2H3,(H,4,5)/t27-;/m1./s1. The molecule has 1 aliphatic rings. The number of nitrogens with zero attached hydrogens (tertiary/aromatic N) is 1. The zero-order valence-electron chi connectivity index (χ0n) is 23.7. The quantitative estimate of drug-likeness (QED) is 0.397. The van der Waals surface area contributed by atoms with E-state index in [1.165, 1.54) is 12.5 Å². The number of anilines is 1. The van der Waals surface area contributed by atoms with Gasteiger partial charge < -0.3 is 25.6 Å². The van der Waals surface area contributed by atoms with Crippen LogP contribution in [0.25, 0.3) is 0 Å². The molecule has 0 aliphatic carbocycles. The van der Waals surface area contributed by atoms with E-state index in [-0.39, 0.29) is 11.9 Å². The molecule has 1 aliphatic heterocycles. The summed E-state index contributed by atoms with van der Waals surface area (Å²) >= 11 is 0. The van der Waals surface area contributed by atoms with Crippen LogP contribution in [0, 0.1) is 11.8 Å². The van der Waals surface area contributed by atoms with Gasteiger partial charge in [-0.05, 0) is 85.8 Å². The number of urea groups is 1. The number of benzene rings is 3. The Hall–Kier alpha value is -4.28. The van der Waals surface area contributed by atoms with Crippen molar-refractivity contribution < 1.29 is 14.3 Å². The van der Waals surface area contributed by atoms with Gasteiger partial charge in [0, 0.05) is 50.4 Å². The Balaban J connectivity index is 0.000000810. The van der Waals surface area contributed by atoms with Crippen molar-refractivity contribution in [2.75, 3.05) is 45.7 Å². The molecule has 1 atom stereocenters. The number of rotatable bonds is 3. The van der Waals surface area contributed by atoms with Gasteiger partial charge in [0.05, 0.1) is 7.11 Å². The average molecular weight is 541 g/mol. The predicted octanol–water partition coefficient (Wildman–Crippen LogP) is 5.24. The van der Waals surface area contributed by atoms with Gasteiger partial charge in [-0.3, -0.25) is 4.79 Å². The lowest BCUT2D eigenvalue weighted by atomic mass is 9.94. The maximum absolute atomic E-state index is 13.0. The van der Waals surface area contributed by atoms with E-state index in [0.29, 0.717) is 12.5 Å². The van der Waals surface area contributed by atoms with Crippen LogP contribution in [-0.2, 0) is 4.79 Å². The molecule has 3 aromatic rings. The number of ether oxygens (including phenoxy) is 1. The zero-order chi connectivity index (χ0) is 28.6. The number of amides is 3. The molecule has 4 rings (SSSR count). The van der Waals surface area contributed by atoms with Crippen molar-refractivity contribution >= 4 is 17.6 Å². The van der Waals surface area contributed by atoms with Gasteiger partial charge in [0.2, 0.25) is 5.91 Å². The molecular weight excluding hydrogens is 500 g/mol. The second kappa shape index (κ2) is 16.6. The second-order valence-corrected chi connectivity index (χ2v) is 9.59. The summed E-state index contributed by atoms with van der Waals surface area (Å²) in [5.74, 6) is 7.58. The van der Waals surface area contributed by atoms with Crippen molar-refractivity contribution in [3.63, 3.8) is 0 Å². The van der Waals surface area contributed by atoms with E-state index in [1.807, 2.05) is 59.5 Å². The summed E-state index contributed by atoms with van der Waals surface area (Å²) in [6.07, 6.45) is 2.94. The maximum atomic E-state index is 13.0. The third kappa shape index (κ3) is 10.5. The second-order valence-electron chi connectivity index (χ2n) is 9.59. The third-order valence-corrected chi connectivity index (χ3v) is 6.66. The summed E-state index contributed by atoms with van der Waals surface area (Å²) in [5, 5.41) is 9.03. The molecule has 0 spiro atoms. The van der Waals surface area contributed by atoms with Gasteiger partial charge in [0.25, 0.3) is 0 Å². The summed E-state index contributed by atoms with van der Waals surface area (Å²) < 4.78 is 5.21. The first-order chi connectivity index (χ1) is 19.5. The van der Waals surface area contributed by atoms with Crippen LogP contribution in [0.2, 0.25) is 0 Å². The molecule has 0 bridgehead atoms. The SMILES string of the molecule is CNC(C)=O.COc1ccc(NC(=O)N2CCCCNC[C@H](c3ccc(C#Cc4ccccc4)cc3)CC2)cc1. The fraction of sp³-hybridized carbons (Fsp3) is 0.333. The molecule has 3 aromatic carbocycles. The number of hydrogen-bond acceptors (Lipinski definition) is 4. The molecule has 1 fully saturated rings. The molecule has 3 N–H and O–H groups in total. The number of carbonyl (C=O) groups excluding carboxylic acids is 2. The molecule has 0 aromatic heterocycles. The van der Waals surface area contributed by atoms with Gasteiger partial charge in [0.15, 0.2) is 0 Å². The molecule has 0 unspecified atom stereocenters. The molecule has 0 saturated carbocycles. The van der Waals surface area contributed by atoms with E-state index in [9.17, 15) is 9.59 Å². The number of methoxy groups -OCH3 is 1. The van der Waals surface area contributed by atoms with Crippen molar-refractivity contribution in [2.45, 2.75) is 32.1 Å². The van der Waals surface area contributed by atoms with Gasteiger partial charge in [-0.25, -0.2) is 4.79 Å². The predicted molar refractivity (Wildman–Crippen MR) is 162 cm³/mol. The molecule has 1 heterocycles. The summed E-state index contributed by atoms with van der Waals surface area (Å²) in [6.45, 7) is 4.81. The summed E-state index contributed by atoms with van der Waals surface area (Å²) in [7, 11) is 3.23. The monoisotopic (exact) mass is 540 g/mol. The first kappa shape index (κ1) is 30.3. The van der Waals surface area contributed by atoms with Gasteiger partial charge in [-0.2, -0.15) is 0 Å². The topological polar surface area (TPSA) is 82.7 Å². The normalized spacial score (nSPS) is 15.3. The minimum atomic E-state index is -0.0472. The van der Waals surface area contributed by atoms with Crippen LogP contribution >= 0.6 is 0 Å².